The molecule has 1 aromatic heterocycles. The van der Waals surface area contributed by atoms with E-state index < -0.39 is 15.8 Å². The second kappa shape index (κ2) is 8.53. The Kier molecular flexibility index (Phi) is 5.52. The lowest BCUT2D eigenvalue weighted by Crippen LogP contribution is -2.32. The maximum atomic E-state index is 14.8. The van der Waals surface area contributed by atoms with E-state index in [-0.39, 0.29) is 11.4 Å². The topological polar surface area (TPSA) is 99.6 Å². The molecule has 2 aliphatic rings. The van der Waals surface area contributed by atoms with Crippen LogP contribution in [0, 0.1) is 12.7 Å². The molecular weight excluding hydrogens is 455 g/mol. The van der Waals surface area contributed by atoms with Crippen LogP contribution in [-0.2, 0) is 15.8 Å². The van der Waals surface area contributed by atoms with E-state index in [0.717, 1.165) is 22.8 Å². The molecule has 0 bridgehead atoms. The molecule has 5 rings (SSSR count). The summed E-state index contributed by atoms with van der Waals surface area (Å²) in [7, 11) is -2.06. The zero-order valence-electron chi connectivity index (χ0n) is 18.7. The van der Waals surface area contributed by atoms with Gasteiger partial charge in [0.25, 0.3) is 0 Å². The molecule has 2 aliphatic heterocycles. The average molecular weight is 479 g/mol. The molecule has 0 radical (unpaired) electrons. The standard InChI is InChI=1S/C24H23FN6O2S/c1-15-10-20(25)21(30-34(32,33)14-16-6-4-3-5-7-16)12-18(15)19-11-17-13-28-24(26-2)29-22(17)31-9-8-27-23(19)31/h3-7,10-13,30H,8-9,14H2,1-2H3,(H,26,28,29). The summed E-state index contributed by atoms with van der Waals surface area (Å²) in [5.41, 5.74) is 3.45. The number of fused-ring (bicyclic) bond motifs is 3. The molecule has 0 unspecified atom stereocenters. The van der Waals surface area contributed by atoms with E-state index in [4.69, 9.17) is 0 Å². The molecule has 0 saturated carbocycles. The smallest absolute Gasteiger partial charge is 0.237 e. The first-order valence-corrected chi connectivity index (χ1v) is 12.4. The number of benzene rings is 2. The van der Waals surface area contributed by atoms with Gasteiger partial charge < -0.3 is 10.2 Å². The number of amidine groups is 1. The van der Waals surface area contributed by atoms with E-state index >= 15 is 0 Å². The fraction of sp³-hybridized carbons (Fsp3) is 0.208. The van der Waals surface area contributed by atoms with Crippen LogP contribution >= 0.6 is 0 Å². The summed E-state index contributed by atoms with van der Waals surface area (Å²) < 4.78 is 42.8. The van der Waals surface area contributed by atoms with Crippen LogP contribution in [0.15, 0.2) is 53.7 Å². The molecule has 0 fully saturated rings. The second-order valence-electron chi connectivity index (χ2n) is 8.13. The number of aryl methyl sites for hydroxylation is 1. The predicted octanol–water partition coefficient (Wildman–Crippen LogP) is 3.68. The van der Waals surface area contributed by atoms with Crippen molar-refractivity contribution in [3.05, 3.63) is 76.7 Å². The number of nitrogens with one attached hydrogen (secondary N) is 2. The highest BCUT2D eigenvalue weighted by atomic mass is 32.2. The largest absolute Gasteiger partial charge is 0.357 e. The van der Waals surface area contributed by atoms with Crippen molar-refractivity contribution in [2.75, 3.05) is 35.1 Å². The predicted molar refractivity (Wildman–Crippen MR) is 133 cm³/mol. The minimum absolute atomic E-state index is 0.102. The van der Waals surface area contributed by atoms with Crippen LogP contribution in [0.4, 0.5) is 21.8 Å². The number of aliphatic imine (C=N–C) groups is 1. The lowest BCUT2D eigenvalue weighted by atomic mass is 9.94. The monoisotopic (exact) mass is 478 g/mol. The summed E-state index contributed by atoms with van der Waals surface area (Å²) in [5.74, 6) is 1.10. The molecule has 2 N–H and O–H groups in total. The van der Waals surface area contributed by atoms with Gasteiger partial charge in [-0.05, 0) is 41.8 Å². The summed E-state index contributed by atoms with van der Waals surface area (Å²) in [6, 6.07) is 11.6. The summed E-state index contributed by atoms with van der Waals surface area (Å²) in [6.45, 7) is 3.05. The fourth-order valence-corrected chi connectivity index (χ4v) is 5.36. The summed E-state index contributed by atoms with van der Waals surface area (Å²) in [4.78, 5) is 15.5. The van der Waals surface area contributed by atoms with Crippen LogP contribution < -0.4 is 14.9 Å². The van der Waals surface area contributed by atoms with Crippen molar-refractivity contribution >= 4 is 45.0 Å². The number of anilines is 3. The number of sulfonamides is 1. The highest BCUT2D eigenvalue weighted by molar-refractivity contribution is 7.91. The highest BCUT2D eigenvalue weighted by Crippen LogP contribution is 2.37. The van der Waals surface area contributed by atoms with Gasteiger partial charge in [0.2, 0.25) is 16.0 Å². The minimum atomic E-state index is -3.82. The Bertz CT molecular complexity index is 1440. The van der Waals surface area contributed by atoms with Crippen molar-refractivity contribution in [3.63, 3.8) is 0 Å². The van der Waals surface area contributed by atoms with Gasteiger partial charge in [0, 0.05) is 30.9 Å². The van der Waals surface area contributed by atoms with Gasteiger partial charge in [-0.1, -0.05) is 30.3 Å². The molecule has 8 nitrogen and oxygen atoms in total. The Morgan fingerprint density at radius 2 is 1.97 bits per heavy atom. The van der Waals surface area contributed by atoms with Crippen molar-refractivity contribution < 1.29 is 12.8 Å². The number of aromatic nitrogens is 2. The van der Waals surface area contributed by atoms with Gasteiger partial charge in [0.1, 0.15) is 17.5 Å². The zero-order valence-corrected chi connectivity index (χ0v) is 19.5. The highest BCUT2D eigenvalue weighted by Gasteiger charge is 2.31. The van der Waals surface area contributed by atoms with E-state index in [1.165, 1.54) is 12.1 Å². The van der Waals surface area contributed by atoms with Gasteiger partial charge in [-0.25, -0.2) is 17.8 Å². The molecule has 174 valence electrons. The summed E-state index contributed by atoms with van der Waals surface area (Å²) in [5, 5.41) is 2.95. The number of hydrogen-bond donors (Lipinski definition) is 2. The van der Waals surface area contributed by atoms with Crippen molar-refractivity contribution in [2.24, 2.45) is 4.99 Å². The SMILES string of the molecule is CNc1ncc2c(n1)N1CCN=C1C(c1cc(NS(=O)(=O)Cc3ccccc3)c(F)cc1C)=C2. The van der Waals surface area contributed by atoms with E-state index in [2.05, 4.69) is 25.0 Å². The van der Waals surface area contributed by atoms with Gasteiger partial charge in [0.15, 0.2) is 0 Å². The van der Waals surface area contributed by atoms with Crippen molar-refractivity contribution in [1.29, 1.82) is 0 Å². The van der Waals surface area contributed by atoms with Gasteiger partial charge in [-0.2, -0.15) is 4.98 Å². The molecule has 0 atom stereocenters. The third-order valence-corrected chi connectivity index (χ3v) is 6.97. The lowest BCUT2D eigenvalue weighted by Gasteiger charge is -2.28. The number of nitrogens with zero attached hydrogens (tertiary/aromatic N) is 4. The van der Waals surface area contributed by atoms with E-state index in [0.29, 0.717) is 35.7 Å². The van der Waals surface area contributed by atoms with Crippen LogP contribution in [0.5, 0.6) is 0 Å². The normalized spacial score (nSPS) is 14.7. The molecule has 0 aliphatic carbocycles. The first kappa shape index (κ1) is 22.0. The van der Waals surface area contributed by atoms with Crippen LogP contribution in [0.25, 0.3) is 11.6 Å². The molecule has 0 spiro atoms. The Morgan fingerprint density at radius 1 is 1.18 bits per heavy atom. The van der Waals surface area contributed by atoms with Crippen LogP contribution in [0.1, 0.15) is 22.3 Å². The number of rotatable bonds is 6. The summed E-state index contributed by atoms with van der Waals surface area (Å²) in [6.07, 6.45) is 3.64. The van der Waals surface area contributed by atoms with Gasteiger partial charge in [-0.3, -0.25) is 9.71 Å². The molecule has 0 amide bonds. The number of halogens is 1. The third-order valence-electron chi connectivity index (χ3n) is 5.73. The summed E-state index contributed by atoms with van der Waals surface area (Å²) >= 11 is 0. The van der Waals surface area contributed by atoms with Crippen molar-refractivity contribution in [2.45, 2.75) is 12.7 Å². The first-order valence-electron chi connectivity index (χ1n) is 10.8. The average Bonchev–Trinajstić information content (AvgIpc) is 3.31. The van der Waals surface area contributed by atoms with E-state index in [1.807, 2.05) is 17.0 Å². The quantitative estimate of drug-likeness (QED) is 0.561. The fourth-order valence-electron chi connectivity index (χ4n) is 4.16. The van der Waals surface area contributed by atoms with Gasteiger partial charge in [0.05, 0.1) is 18.0 Å². The molecule has 2 aromatic carbocycles. The van der Waals surface area contributed by atoms with Crippen molar-refractivity contribution in [3.8, 4) is 0 Å². The third kappa shape index (κ3) is 4.12. The maximum absolute atomic E-state index is 14.8. The molecular formula is C24H23FN6O2S. The molecule has 3 heterocycles. The first-order chi connectivity index (χ1) is 16.3. The Labute approximate surface area is 197 Å². The van der Waals surface area contributed by atoms with Crippen molar-refractivity contribution in [1.82, 2.24) is 9.97 Å². The molecule has 3 aromatic rings. The minimum Gasteiger partial charge on any atom is -0.357 e. The Hall–Kier alpha value is -3.79. The van der Waals surface area contributed by atoms with E-state index in [1.54, 1.807) is 44.4 Å². The van der Waals surface area contributed by atoms with Gasteiger partial charge >= 0.3 is 0 Å². The maximum Gasteiger partial charge on any atom is 0.237 e. The van der Waals surface area contributed by atoms with Crippen LogP contribution in [-0.4, -0.2) is 44.4 Å². The molecule has 0 saturated heterocycles. The van der Waals surface area contributed by atoms with Crippen LogP contribution in [0.2, 0.25) is 0 Å². The van der Waals surface area contributed by atoms with E-state index in [9.17, 15) is 12.8 Å². The molecule has 34 heavy (non-hydrogen) atoms. The molecule has 10 heteroatoms. The second-order valence-corrected chi connectivity index (χ2v) is 9.85. The lowest BCUT2D eigenvalue weighted by molar-refractivity contribution is 0.597. The van der Waals surface area contributed by atoms with Gasteiger partial charge in [-0.15, -0.1) is 0 Å². The van der Waals surface area contributed by atoms with Crippen LogP contribution in [0.3, 0.4) is 0 Å². The number of hydrogen-bond acceptors (Lipinski definition) is 7. The Balaban J connectivity index is 1.54. The Morgan fingerprint density at radius 3 is 2.74 bits per heavy atom. The zero-order chi connectivity index (χ0) is 23.9.